The van der Waals surface area contributed by atoms with E-state index in [2.05, 4.69) is 29.0 Å². The highest BCUT2D eigenvalue weighted by molar-refractivity contribution is 7.80. The van der Waals surface area contributed by atoms with Crippen molar-refractivity contribution in [2.45, 2.75) is 0 Å². The molecule has 6 heavy (non-hydrogen) atoms. The van der Waals surface area contributed by atoms with Gasteiger partial charge in [-0.3, -0.25) is 0 Å². The molecule has 0 N–H and O–H groups in total. The summed E-state index contributed by atoms with van der Waals surface area (Å²) in [6, 6.07) is 0. The number of hydrogen-bond donors (Lipinski definition) is 1. The third kappa shape index (κ3) is 4.11. The molecule has 0 saturated carbocycles. The molecule has 0 aliphatic carbocycles. The molecule has 0 aromatic rings. The Morgan fingerprint density at radius 3 is 2.50 bits per heavy atom. The Labute approximate surface area is 45.8 Å². The quantitative estimate of drug-likeness (QED) is 0.325. The average Bonchev–Trinajstić information content (AvgIpc) is 1.35. The van der Waals surface area contributed by atoms with Crippen molar-refractivity contribution in [2.24, 2.45) is 0 Å². The molecule has 0 fully saturated rings. The van der Waals surface area contributed by atoms with Gasteiger partial charge in [-0.1, -0.05) is 0 Å². The smallest absolute Gasteiger partial charge is 0.404 e. The molecule has 0 spiro atoms. The first kappa shape index (κ1) is 6.11. The van der Waals surface area contributed by atoms with E-state index in [0.717, 1.165) is 0 Å². The van der Waals surface area contributed by atoms with Crippen LogP contribution in [-0.4, -0.2) is 11.4 Å². The number of carbonyl (C=O) groups is 1. The van der Waals surface area contributed by atoms with Crippen LogP contribution in [0.3, 0.4) is 0 Å². The van der Waals surface area contributed by atoms with Crippen molar-refractivity contribution in [1.82, 2.24) is 0 Å². The van der Waals surface area contributed by atoms with Crippen molar-refractivity contribution in [3.05, 3.63) is 0 Å². The Hall–Kier alpha value is 0.110. The molecule has 2 nitrogen and oxygen atoms in total. The molecule has 0 aliphatic heterocycles. The third-order valence-electron chi connectivity index (χ3n) is 0.178. The van der Waals surface area contributed by atoms with Gasteiger partial charge in [-0.15, -0.1) is 12.6 Å². The second-order valence-corrected chi connectivity index (χ2v) is 1.08. The first-order chi connectivity index (χ1) is 2.77. The van der Waals surface area contributed by atoms with Gasteiger partial charge in [0.25, 0.3) is 0 Å². The van der Waals surface area contributed by atoms with Crippen molar-refractivity contribution in [3.63, 3.8) is 0 Å². The van der Waals surface area contributed by atoms with Gasteiger partial charge in [-0.2, -0.15) is 0 Å². The van der Waals surface area contributed by atoms with Crippen LogP contribution < -0.4 is 0 Å². The molecule has 0 bridgehead atoms. The Balaban J connectivity index is 2.83. The summed E-state index contributed by atoms with van der Waals surface area (Å²) in [6.45, 7) is 0. The maximum atomic E-state index is 9.54. The normalized spacial score (nSPS) is 7.67. The first-order valence-corrected chi connectivity index (χ1v) is 2.21. The average molecular weight is 127 g/mol. The first-order valence-electron chi connectivity index (χ1n) is 1.20. The minimum absolute atomic E-state index is 0.0440. The maximum Gasteiger partial charge on any atom is 0.404 e. The summed E-state index contributed by atoms with van der Waals surface area (Å²) in [6.07, 6.45) is 0. The van der Waals surface area contributed by atoms with Crippen LogP contribution in [0.25, 0.3) is 0 Å². The number of rotatable bonds is 1. The summed E-state index contributed by atoms with van der Waals surface area (Å²) in [7, 11) is 0. The summed E-state index contributed by atoms with van der Waals surface area (Å²) in [5, 5.41) is 0. The highest BCUT2D eigenvalue weighted by Gasteiger charge is 1.86. The Morgan fingerprint density at radius 2 is 2.50 bits per heavy atom. The molecular formula is C2H3ClO2S. The number of halogens is 1. The maximum absolute atomic E-state index is 9.54. The predicted octanol–water partition coefficient (Wildman–Crippen LogP) is 1.25. The summed E-state index contributed by atoms with van der Waals surface area (Å²) in [5.41, 5.74) is -0.815. The summed E-state index contributed by atoms with van der Waals surface area (Å²) in [5.74, 6) is 0.0440. The summed E-state index contributed by atoms with van der Waals surface area (Å²) < 4.78 is 4.03. The molecule has 0 heterocycles. The van der Waals surface area contributed by atoms with Gasteiger partial charge in [0.15, 0.2) is 0 Å². The molecule has 0 saturated heterocycles. The fraction of sp³-hybridized carbons (Fsp3) is 0.500. The molecule has 36 valence electrons. The topological polar surface area (TPSA) is 26.3 Å². The number of ether oxygens (including phenoxy) is 1. The number of carbonyl (C=O) groups excluding carboxylic acids is 1. The fourth-order valence-corrected chi connectivity index (χ4v) is 0.299. The number of hydrogen-bond acceptors (Lipinski definition) is 3. The molecule has 4 heteroatoms. The highest BCUT2D eigenvalue weighted by Crippen LogP contribution is 1.86. The fourth-order valence-electron chi connectivity index (χ4n) is 0.0507. The van der Waals surface area contributed by atoms with E-state index >= 15 is 0 Å². The van der Waals surface area contributed by atoms with E-state index in [1.54, 1.807) is 0 Å². The minimum Gasteiger partial charge on any atom is -0.443 e. The van der Waals surface area contributed by atoms with E-state index < -0.39 is 5.43 Å². The minimum atomic E-state index is -0.815. The SMILES string of the molecule is O=C(Cl)OCS. The van der Waals surface area contributed by atoms with Crippen LogP contribution in [0.2, 0.25) is 0 Å². The molecule has 0 aromatic heterocycles. The Morgan fingerprint density at radius 1 is 2.00 bits per heavy atom. The lowest BCUT2D eigenvalue weighted by Crippen LogP contribution is -1.87. The van der Waals surface area contributed by atoms with Crippen LogP contribution in [0.1, 0.15) is 0 Å². The molecule has 0 atom stereocenters. The summed E-state index contributed by atoms with van der Waals surface area (Å²) >= 11 is 8.20. The van der Waals surface area contributed by atoms with Crippen LogP contribution in [-0.2, 0) is 4.74 Å². The number of thiol groups is 1. The zero-order valence-electron chi connectivity index (χ0n) is 2.85. The van der Waals surface area contributed by atoms with Crippen molar-refractivity contribution >= 4 is 29.7 Å². The van der Waals surface area contributed by atoms with Gasteiger partial charge >= 0.3 is 5.43 Å². The van der Waals surface area contributed by atoms with Gasteiger partial charge in [0.1, 0.15) is 5.94 Å². The third-order valence-corrected chi connectivity index (χ3v) is 0.416. The zero-order chi connectivity index (χ0) is 4.99. The van der Waals surface area contributed by atoms with E-state index in [0.29, 0.717) is 0 Å². The molecule has 0 amide bonds. The van der Waals surface area contributed by atoms with E-state index in [-0.39, 0.29) is 5.94 Å². The molecule has 0 unspecified atom stereocenters. The lowest BCUT2D eigenvalue weighted by Gasteiger charge is -1.86. The molecule has 0 rings (SSSR count). The van der Waals surface area contributed by atoms with E-state index in [4.69, 9.17) is 0 Å². The van der Waals surface area contributed by atoms with E-state index in [9.17, 15) is 4.79 Å². The second kappa shape index (κ2) is 3.31. The molecule has 0 radical (unpaired) electrons. The van der Waals surface area contributed by atoms with Gasteiger partial charge in [-0.05, 0) is 0 Å². The zero-order valence-corrected chi connectivity index (χ0v) is 4.50. The van der Waals surface area contributed by atoms with Crippen LogP contribution in [0.4, 0.5) is 4.79 Å². The molecule has 0 aromatic carbocycles. The standard InChI is InChI=1S/C2H3ClO2S/c3-2(4)5-1-6/h6H,1H2. The van der Waals surface area contributed by atoms with Crippen molar-refractivity contribution in [1.29, 1.82) is 0 Å². The Kier molecular flexibility index (Phi) is 3.37. The van der Waals surface area contributed by atoms with Gasteiger partial charge in [0.2, 0.25) is 0 Å². The van der Waals surface area contributed by atoms with Gasteiger partial charge in [0, 0.05) is 11.6 Å². The van der Waals surface area contributed by atoms with Gasteiger partial charge in [0.05, 0.1) is 0 Å². The van der Waals surface area contributed by atoms with Gasteiger partial charge < -0.3 is 4.74 Å². The lowest BCUT2D eigenvalue weighted by atomic mass is 11.5. The Bertz CT molecular complexity index is 55.5. The van der Waals surface area contributed by atoms with Crippen LogP contribution in [0.15, 0.2) is 0 Å². The largest absolute Gasteiger partial charge is 0.443 e. The van der Waals surface area contributed by atoms with E-state index in [1.807, 2.05) is 0 Å². The van der Waals surface area contributed by atoms with Gasteiger partial charge in [-0.25, -0.2) is 4.79 Å². The molecular weight excluding hydrogens is 124 g/mol. The monoisotopic (exact) mass is 126 g/mol. The summed E-state index contributed by atoms with van der Waals surface area (Å²) in [4.78, 5) is 9.54. The van der Waals surface area contributed by atoms with E-state index in [1.165, 1.54) is 0 Å². The predicted molar refractivity (Wildman–Crippen MR) is 26.2 cm³/mol. The lowest BCUT2D eigenvalue weighted by molar-refractivity contribution is 0.194. The highest BCUT2D eigenvalue weighted by atomic mass is 35.5. The van der Waals surface area contributed by atoms with Crippen LogP contribution >= 0.6 is 24.2 Å². The van der Waals surface area contributed by atoms with Crippen molar-refractivity contribution < 1.29 is 9.53 Å². The van der Waals surface area contributed by atoms with Crippen molar-refractivity contribution in [3.8, 4) is 0 Å². The van der Waals surface area contributed by atoms with Crippen LogP contribution in [0.5, 0.6) is 0 Å². The van der Waals surface area contributed by atoms with Crippen molar-refractivity contribution in [2.75, 3.05) is 5.94 Å². The molecule has 0 aliphatic rings. The second-order valence-electron chi connectivity index (χ2n) is 0.511. The van der Waals surface area contributed by atoms with Crippen LogP contribution in [0, 0.1) is 0 Å².